The van der Waals surface area contributed by atoms with Crippen LogP contribution in [0, 0.1) is 5.82 Å². The molecule has 2 amide bonds. The monoisotopic (exact) mass is 313 g/mol. The smallest absolute Gasteiger partial charge is 0.228 e. The molecule has 23 heavy (non-hydrogen) atoms. The third-order valence-electron chi connectivity index (χ3n) is 3.81. The molecule has 5 nitrogen and oxygen atoms in total. The van der Waals surface area contributed by atoms with E-state index >= 15 is 0 Å². The molecule has 0 saturated heterocycles. The lowest BCUT2D eigenvalue weighted by molar-refractivity contribution is -0.126. The summed E-state index contributed by atoms with van der Waals surface area (Å²) in [6.45, 7) is 0.458. The average Bonchev–Trinajstić information content (AvgIpc) is 2.54. The number of anilines is 1. The van der Waals surface area contributed by atoms with Gasteiger partial charge in [-0.05, 0) is 35.7 Å². The Labute approximate surface area is 132 Å². The Balaban J connectivity index is 1.67. The van der Waals surface area contributed by atoms with Crippen molar-refractivity contribution in [2.45, 2.75) is 18.8 Å². The normalized spacial score (nSPS) is 16.4. The summed E-state index contributed by atoms with van der Waals surface area (Å²) in [6.07, 6.45) is 4.17. The number of amides is 2. The molecule has 2 aromatic rings. The maximum Gasteiger partial charge on any atom is 0.228 e. The van der Waals surface area contributed by atoms with E-state index < -0.39 is 11.7 Å². The number of rotatable bonds is 4. The second-order valence-corrected chi connectivity index (χ2v) is 5.44. The van der Waals surface area contributed by atoms with E-state index in [9.17, 15) is 14.0 Å². The summed E-state index contributed by atoms with van der Waals surface area (Å²) in [5, 5.41) is 5.44. The van der Waals surface area contributed by atoms with Gasteiger partial charge < -0.3 is 10.6 Å². The van der Waals surface area contributed by atoms with Crippen LogP contribution < -0.4 is 10.6 Å². The molecule has 3 rings (SSSR count). The van der Waals surface area contributed by atoms with E-state index in [4.69, 9.17) is 0 Å². The fourth-order valence-corrected chi connectivity index (χ4v) is 2.67. The molecular weight excluding hydrogens is 297 g/mol. The molecule has 0 aliphatic carbocycles. The molecule has 6 heteroatoms. The van der Waals surface area contributed by atoms with Gasteiger partial charge in [0.25, 0.3) is 0 Å². The lowest BCUT2D eigenvalue weighted by Gasteiger charge is -2.24. The number of nitrogens with zero attached hydrogens (tertiary/aromatic N) is 1. The molecule has 1 aliphatic rings. The number of hydrogen-bond donors (Lipinski definition) is 2. The number of halogens is 1. The average molecular weight is 313 g/mol. The van der Waals surface area contributed by atoms with E-state index in [-0.39, 0.29) is 18.2 Å². The Kier molecular flexibility index (Phi) is 4.32. The Hall–Kier alpha value is -2.76. The van der Waals surface area contributed by atoms with Crippen molar-refractivity contribution in [1.82, 2.24) is 10.3 Å². The molecule has 0 bridgehead atoms. The summed E-state index contributed by atoms with van der Waals surface area (Å²) in [7, 11) is 0. The molecule has 0 radical (unpaired) electrons. The Morgan fingerprint density at radius 2 is 2.26 bits per heavy atom. The highest BCUT2D eigenvalue weighted by Gasteiger charge is 2.30. The van der Waals surface area contributed by atoms with Gasteiger partial charge in [-0.3, -0.25) is 14.6 Å². The van der Waals surface area contributed by atoms with E-state index in [1.807, 2.05) is 12.1 Å². The van der Waals surface area contributed by atoms with Crippen molar-refractivity contribution < 1.29 is 14.0 Å². The van der Waals surface area contributed by atoms with Gasteiger partial charge in [-0.25, -0.2) is 4.39 Å². The number of nitrogens with one attached hydrogen (secondary N) is 2. The third kappa shape index (κ3) is 3.53. The zero-order chi connectivity index (χ0) is 16.2. The maximum atomic E-state index is 13.3. The van der Waals surface area contributed by atoms with Crippen LogP contribution in [0.3, 0.4) is 0 Å². The van der Waals surface area contributed by atoms with Gasteiger partial charge in [0.1, 0.15) is 5.82 Å². The number of hydrogen-bond acceptors (Lipinski definition) is 3. The molecule has 0 spiro atoms. The van der Waals surface area contributed by atoms with Gasteiger partial charge >= 0.3 is 0 Å². The highest BCUT2D eigenvalue weighted by molar-refractivity contribution is 6.01. The van der Waals surface area contributed by atoms with Crippen LogP contribution in [0.15, 0.2) is 42.7 Å². The molecule has 0 fully saturated rings. The Morgan fingerprint density at radius 1 is 1.39 bits per heavy atom. The lowest BCUT2D eigenvalue weighted by atomic mass is 9.89. The van der Waals surface area contributed by atoms with Gasteiger partial charge in [0, 0.05) is 31.0 Å². The maximum absolute atomic E-state index is 13.3. The Morgan fingerprint density at radius 3 is 3.04 bits per heavy atom. The van der Waals surface area contributed by atoms with Crippen molar-refractivity contribution in [3.8, 4) is 0 Å². The van der Waals surface area contributed by atoms with Crippen molar-refractivity contribution in [2.75, 3.05) is 11.9 Å². The molecule has 2 N–H and O–H groups in total. The van der Waals surface area contributed by atoms with Gasteiger partial charge in [-0.15, -0.1) is 0 Å². The summed E-state index contributed by atoms with van der Waals surface area (Å²) in [5.74, 6) is -1.54. The van der Waals surface area contributed by atoms with Crippen LogP contribution in [0.25, 0.3) is 0 Å². The third-order valence-corrected chi connectivity index (χ3v) is 3.81. The molecule has 118 valence electrons. The molecule has 2 heterocycles. The zero-order valence-electron chi connectivity index (χ0n) is 12.4. The van der Waals surface area contributed by atoms with E-state index in [0.717, 1.165) is 5.56 Å². The first-order chi connectivity index (χ1) is 11.1. The van der Waals surface area contributed by atoms with Crippen LogP contribution in [0.1, 0.15) is 23.5 Å². The minimum atomic E-state index is -0.590. The molecule has 0 saturated carbocycles. The van der Waals surface area contributed by atoms with E-state index in [2.05, 4.69) is 15.6 Å². The molecule has 1 aliphatic heterocycles. The summed E-state index contributed by atoms with van der Waals surface area (Å²) in [4.78, 5) is 28.1. The number of fused-ring (bicyclic) bond motifs is 1. The second-order valence-electron chi connectivity index (χ2n) is 5.44. The highest BCUT2D eigenvalue weighted by atomic mass is 19.1. The van der Waals surface area contributed by atoms with Crippen molar-refractivity contribution >= 4 is 17.5 Å². The van der Waals surface area contributed by atoms with Crippen LogP contribution in [0.2, 0.25) is 0 Å². The summed E-state index contributed by atoms with van der Waals surface area (Å²) >= 11 is 0. The largest absolute Gasteiger partial charge is 0.355 e. The van der Waals surface area contributed by atoms with E-state index in [1.54, 1.807) is 18.5 Å². The van der Waals surface area contributed by atoms with Crippen molar-refractivity contribution in [1.29, 1.82) is 0 Å². The van der Waals surface area contributed by atoms with Gasteiger partial charge in [-0.2, -0.15) is 0 Å². The van der Waals surface area contributed by atoms with Crippen LogP contribution >= 0.6 is 0 Å². The van der Waals surface area contributed by atoms with Gasteiger partial charge in [0.05, 0.1) is 5.92 Å². The Bertz CT molecular complexity index is 734. The number of carbonyl (C=O) groups excluding carboxylic acids is 2. The number of aromatic nitrogens is 1. The van der Waals surface area contributed by atoms with Gasteiger partial charge in [-0.1, -0.05) is 12.1 Å². The highest BCUT2D eigenvalue weighted by Crippen LogP contribution is 2.32. The van der Waals surface area contributed by atoms with Crippen molar-refractivity contribution in [2.24, 2.45) is 0 Å². The molecule has 1 aromatic heterocycles. The standard InChI is InChI=1S/C17H16FN3O2/c18-12-3-4-13-14(9-16(22)21-15(13)8-12)17(23)20-7-5-11-2-1-6-19-10-11/h1-4,6,8,10,14H,5,7,9H2,(H,20,23)(H,21,22). The van der Waals surface area contributed by atoms with E-state index in [1.165, 1.54) is 12.1 Å². The van der Waals surface area contributed by atoms with Crippen LogP contribution in [0.4, 0.5) is 10.1 Å². The van der Waals surface area contributed by atoms with Gasteiger partial charge in [0.2, 0.25) is 11.8 Å². The first-order valence-corrected chi connectivity index (χ1v) is 7.39. The number of benzene rings is 1. The topological polar surface area (TPSA) is 71.1 Å². The minimum absolute atomic E-state index is 0.0668. The van der Waals surface area contributed by atoms with Gasteiger partial charge in [0.15, 0.2) is 0 Å². The number of pyridine rings is 1. The quantitative estimate of drug-likeness (QED) is 0.907. The van der Waals surface area contributed by atoms with E-state index in [0.29, 0.717) is 24.2 Å². The summed E-state index contributed by atoms with van der Waals surface area (Å²) < 4.78 is 13.3. The fourth-order valence-electron chi connectivity index (χ4n) is 2.67. The molecule has 1 aromatic carbocycles. The second kappa shape index (κ2) is 6.56. The van der Waals surface area contributed by atoms with Crippen LogP contribution in [0.5, 0.6) is 0 Å². The predicted molar refractivity (Wildman–Crippen MR) is 83.3 cm³/mol. The fraction of sp³-hybridized carbons (Fsp3) is 0.235. The SMILES string of the molecule is O=C1CC(C(=O)NCCc2cccnc2)c2ccc(F)cc2N1. The zero-order valence-corrected chi connectivity index (χ0v) is 12.4. The molecule has 1 atom stereocenters. The number of carbonyl (C=O) groups is 2. The first-order valence-electron chi connectivity index (χ1n) is 7.39. The van der Waals surface area contributed by atoms with Crippen molar-refractivity contribution in [3.05, 3.63) is 59.7 Å². The summed E-state index contributed by atoms with van der Waals surface area (Å²) in [5.41, 5.74) is 2.04. The van der Waals surface area contributed by atoms with Crippen LogP contribution in [-0.4, -0.2) is 23.3 Å². The predicted octanol–water partition coefficient (Wildman–Crippen LogP) is 2.01. The molecule has 1 unspecified atom stereocenters. The van der Waals surface area contributed by atoms with Crippen molar-refractivity contribution in [3.63, 3.8) is 0 Å². The lowest BCUT2D eigenvalue weighted by Crippen LogP contribution is -2.36. The first kappa shape index (κ1) is 15.1. The summed E-state index contributed by atoms with van der Waals surface area (Å²) in [6, 6.07) is 7.86. The minimum Gasteiger partial charge on any atom is -0.355 e. The van der Waals surface area contributed by atoms with Crippen LogP contribution in [-0.2, 0) is 16.0 Å². The molecular formula is C17H16FN3O2.